The van der Waals surface area contributed by atoms with Crippen LogP contribution in [-0.4, -0.2) is 4.92 Å². The summed E-state index contributed by atoms with van der Waals surface area (Å²) in [5.41, 5.74) is 0.235. The van der Waals surface area contributed by atoms with Crippen LogP contribution in [0.5, 0.6) is 0 Å². The van der Waals surface area contributed by atoms with Crippen molar-refractivity contribution in [2.45, 2.75) is 0 Å². The lowest BCUT2D eigenvalue weighted by Crippen LogP contribution is -3.61. The molecule has 0 spiro atoms. The Morgan fingerprint density at radius 1 is 0.941 bits per heavy atom. The van der Waals surface area contributed by atoms with Gasteiger partial charge in [0.25, 0.3) is 3.57 Å². The van der Waals surface area contributed by atoms with Gasteiger partial charge in [-0.15, -0.1) is 0 Å². The van der Waals surface area contributed by atoms with Gasteiger partial charge in [0.2, 0.25) is 0 Å². The largest absolute Gasteiger partial charge is 1.00 e. The molecule has 0 fully saturated rings. The molecule has 0 aromatic heterocycles. The van der Waals surface area contributed by atoms with Crippen molar-refractivity contribution >= 4 is 5.69 Å². The van der Waals surface area contributed by atoms with Crippen LogP contribution in [0.1, 0.15) is 0 Å². The summed E-state index contributed by atoms with van der Waals surface area (Å²) in [7, 11) is 0. The Balaban J connectivity index is 0.00000144. The highest BCUT2D eigenvalue weighted by atomic mass is 127. The van der Waals surface area contributed by atoms with Gasteiger partial charge in [0.15, 0.2) is 3.57 Å². The molecule has 88 valence electrons. The molecule has 2 rings (SSSR count). The average molecular weight is 345 g/mol. The minimum Gasteiger partial charge on any atom is -1.00 e. The van der Waals surface area contributed by atoms with Gasteiger partial charge in [-0.25, -0.2) is 0 Å². The molecule has 0 saturated heterocycles. The molecule has 0 aliphatic heterocycles. The summed E-state index contributed by atoms with van der Waals surface area (Å²) >= 11 is -0.468. The van der Waals surface area contributed by atoms with E-state index in [2.05, 4.69) is 0 Å². The van der Waals surface area contributed by atoms with E-state index in [0.29, 0.717) is 0 Å². The van der Waals surface area contributed by atoms with Gasteiger partial charge in [-0.3, -0.25) is 10.1 Å². The first-order valence-corrected chi connectivity index (χ1v) is 6.86. The van der Waals surface area contributed by atoms with Crippen molar-refractivity contribution in [2.24, 2.45) is 0 Å². The maximum atomic E-state index is 10.8. The van der Waals surface area contributed by atoms with Crippen molar-refractivity contribution < 1.29 is 30.8 Å². The number of rotatable bonds is 3. The van der Waals surface area contributed by atoms with E-state index in [0.717, 1.165) is 3.57 Å². The minimum atomic E-state index is -0.468. The van der Waals surface area contributed by atoms with E-state index in [9.17, 15) is 10.1 Å². The number of benzene rings is 2. The fraction of sp³-hybridized carbons (Fsp3) is 0. The van der Waals surface area contributed by atoms with Crippen LogP contribution in [0.15, 0.2) is 54.6 Å². The lowest BCUT2D eigenvalue weighted by molar-refractivity contribution is -0.605. The van der Waals surface area contributed by atoms with Crippen LogP contribution in [0.25, 0.3) is 0 Å². The van der Waals surface area contributed by atoms with Crippen LogP contribution in [0.4, 0.5) is 5.69 Å². The van der Waals surface area contributed by atoms with E-state index in [4.69, 9.17) is 0 Å². The molecule has 2 aromatic carbocycles. The summed E-state index contributed by atoms with van der Waals surface area (Å²) in [5.74, 6) is 0. The minimum absolute atomic E-state index is 0. The molecule has 0 amide bonds. The van der Waals surface area contributed by atoms with Crippen LogP contribution < -0.4 is 25.9 Å². The Kier molecular flexibility index (Phi) is 5.02. The number of nitro benzene ring substituents is 1. The Morgan fingerprint density at radius 3 is 2.18 bits per heavy atom. The Hall–Kier alpha value is -1.50. The number of hydrogen-bond donors (Lipinski definition) is 0. The molecule has 0 heterocycles. The monoisotopic (exact) mass is 345 g/mol. The fourth-order valence-corrected chi connectivity index (χ4v) is 3.76. The van der Waals surface area contributed by atoms with Crippen molar-refractivity contribution in [2.75, 3.05) is 0 Å². The maximum absolute atomic E-state index is 10.8. The maximum Gasteiger partial charge on any atom is 0.365 e. The zero-order chi connectivity index (χ0) is 11.4. The Bertz CT molecular complexity index is 505. The molecule has 0 saturated carbocycles. The lowest BCUT2D eigenvalue weighted by Gasteiger charge is -1.90. The molecule has 2 aromatic rings. The van der Waals surface area contributed by atoms with Crippen molar-refractivity contribution in [1.82, 2.24) is 0 Å². The number of nitro groups is 1. The highest BCUT2D eigenvalue weighted by Gasteiger charge is 2.25. The topological polar surface area (TPSA) is 43.1 Å². The Morgan fingerprint density at radius 2 is 1.53 bits per heavy atom. The van der Waals surface area contributed by atoms with E-state index < -0.39 is 21.2 Å². The van der Waals surface area contributed by atoms with Gasteiger partial charge in [-0.1, -0.05) is 30.3 Å². The van der Waals surface area contributed by atoms with Crippen molar-refractivity contribution in [3.05, 3.63) is 71.9 Å². The predicted molar refractivity (Wildman–Crippen MR) is 56.9 cm³/mol. The van der Waals surface area contributed by atoms with E-state index in [1.807, 2.05) is 42.5 Å². The molecule has 0 atom stereocenters. The van der Waals surface area contributed by atoms with Crippen LogP contribution in [0, 0.1) is 17.3 Å². The summed E-state index contributed by atoms with van der Waals surface area (Å²) in [6.07, 6.45) is 0. The summed E-state index contributed by atoms with van der Waals surface area (Å²) < 4.78 is 2.05. The van der Waals surface area contributed by atoms with Gasteiger partial charge in [0.05, 0.1) is 4.92 Å². The second kappa shape index (κ2) is 6.29. The average Bonchev–Trinajstić information content (AvgIpc) is 2.31. The molecular weight excluding hydrogens is 336 g/mol. The third kappa shape index (κ3) is 3.48. The van der Waals surface area contributed by atoms with Gasteiger partial charge in [0.1, 0.15) is 0 Å². The molecule has 3 nitrogen and oxygen atoms in total. The first-order valence-electron chi connectivity index (χ1n) is 4.70. The zero-order valence-corrected chi connectivity index (χ0v) is 10.9. The fourth-order valence-electron chi connectivity index (χ4n) is 1.27. The van der Waals surface area contributed by atoms with Gasteiger partial charge in [-0.05, 0) is 18.2 Å². The molecule has 5 heteroatoms. The molecular formula is C12H9FINO2. The highest BCUT2D eigenvalue weighted by molar-refractivity contribution is 5.27. The normalized spacial score (nSPS) is 9.41. The van der Waals surface area contributed by atoms with E-state index in [1.54, 1.807) is 12.1 Å². The molecule has 0 bridgehead atoms. The summed E-state index contributed by atoms with van der Waals surface area (Å²) in [5, 5.41) is 10.8. The van der Waals surface area contributed by atoms with Gasteiger partial charge in [-0.2, -0.15) is 0 Å². The van der Waals surface area contributed by atoms with Gasteiger partial charge >= 0.3 is 26.9 Å². The van der Waals surface area contributed by atoms with Crippen molar-refractivity contribution in [3.8, 4) is 0 Å². The molecule has 17 heavy (non-hydrogen) atoms. The highest BCUT2D eigenvalue weighted by Crippen LogP contribution is 2.08. The summed E-state index contributed by atoms with van der Waals surface area (Å²) in [6.45, 7) is 0. The quantitative estimate of drug-likeness (QED) is 0.333. The zero-order valence-electron chi connectivity index (χ0n) is 8.72. The third-order valence-electron chi connectivity index (χ3n) is 1.99. The van der Waals surface area contributed by atoms with Crippen LogP contribution in [-0.2, 0) is 0 Å². The first-order chi connectivity index (χ1) is 7.77. The molecule has 0 aliphatic rings. The third-order valence-corrected chi connectivity index (χ3v) is 4.83. The van der Waals surface area contributed by atoms with E-state index in [1.165, 1.54) is 3.57 Å². The molecule has 0 radical (unpaired) electrons. The van der Waals surface area contributed by atoms with Gasteiger partial charge < -0.3 is 4.70 Å². The number of halogens is 2. The Labute approximate surface area is 108 Å². The number of para-hydroxylation sites is 1. The second-order valence-electron chi connectivity index (χ2n) is 3.10. The SMILES string of the molecule is O=[N+]([O-])c1ccccc1[I+]c1ccccc1.[F-]. The van der Waals surface area contributed by atoms with E-state index >= 15 is 0 Å². The standard InChI is InChI=1S/C12H9INO2.FH/c15-14(16)12-9-5-4-8-11(12)13-10-6-2-1-3-7-10;/h1-9H;1H/q+1;/p-1. The van der Waals surface area contributed by atoms with E-state index in [-0.39, 0.29) is 15.3 Å². The number of nitrogens with zero attached hydrogens (tertiary/aromatic N) is 1. The smallest absolute Gasteiger partial charge is 0.365 e. The number of hydrogen-bond acceptors (Lipinski definition) is 2. The first kappa shape index (κ1) is 13.6. The van der Waals surface area contributed by atoms with Gasteiger partial charge in [0, 0.05) is 6.07 Å². The van der Waals surface area contributed by atoms with Crippen molar-refractivity contribution in [3.63, 3.8) is 0 Å². The lowest BCUT2D eigenvalue weighted by atomic mass is 10.3. The van der Waals surface area contributed by atoms with Crippen LogP contribution in [0.3, 0.4) is 0 Å². The molecule has 0 aliphatic carbocycles. The molecule has 0 unspecified atom stereocenters. The summed E-state index contributed by atoms with van der Waals surface area (Å²) in [6, 6.07) is 16.9. The predicted octanol–water partition coefficient (Wildman–Crippen LogP) is -3.27. The van der Waals surface area contributed by atoms with Crippen molar-refractivity contribution in [1.29, 1.82) is 0 Å². The molecule has 0 N–H and O–H groups in total. The summed E-state index contributed by atoms with van der Waals surface area (Å²) in [4.78, 5) is 10.5. The van der Waals surface area contributed by atoms with Crippen LogP contribution in [0.2, 0.25) is 0 Å². The van der Waals surface area contributed by atoms with Crippen LogP contribution >= 0.6 is 0 Å². The second-order valence-corrected chi connectivity index (χ2v) is 6.05.